The summed E-state index contributed by atoms with van der Waals surface area (Å²) in [5.74, 6) is 6.21. The lowest BCUT2D eigenvalue weighted by Gasteiger charge is -2.26. The smallest absolute Gasteiger partial charge is 0.239 e. The highest BCUT2D eigenvalue weighted by Gasteiger charge is 2.30. The van der Waals surface area contributed by atoms with Gasteiger partial charge >= 0.3 is 0 Å². The molecule has 6 fully saturated rings. The van der Waals surface area contributed by atoms with Crippen molar-refractivity contribution in [3.05, 3.63) is 326 Å². The first-order chi connectivity index (χ1) is 64.4. The first-order valence-corrected chi connectivity index (χ1v) is 48.5. The van der Waals surface area contributed by atoms with Gasteiger partial charge in [-0.1, -0.05) is 261 Å². The van der Waals surface area contributed by atoms with E-state index in [0.29, 0.717) is 53.4 Å². The Morgan fingerprint density at radius 1 is 0.146 bits per heavy atom. The molecular formula is C114H114N16. The fraction of sp³-hybridized carbons (Fsp3) is 0.316. The zero-order valence-corrected chi connectivity index (χ0v) is 74.5. The Bertz CT molecular complexity index is 5430. The summed E-state index contributed by atoms with van der Waals surface area (Å²) in [6.07, 6.45) is 61.1. The largest absolute Gasteiger partial charge is 0.279 e. The molecule has 0 atom stereocenters. The summed E-state index contributed by atoms with van der Waals surface area (Å²) in [6, 6.07) is 79.9. The lowest BCUT2D eigenvalue weighted by atomic mass is 9.84. The Kier molecular flexibility index (Phi) is 25.3. The molecule has 650 valence electrons. The number of anilines is 12. The summed E-state index contributed by atoms with van der Waals surface area (Å²) in [4.78, 5) is 70.6. The van der Waals surface area contributed by atoms with E-state index in [-0.39, 0.29) is 17.8 Å². The molecular weight excluding hydrogens is 1590 g/mol. The molecule has 130 heavy (non-hydrogen) atoms. The quantitative estimate of drug-likeness (QED) is 0.0560. The molecule has 0 N–H and O–H groups in total. The first kappa shape index (κ1) is 83.6. The zero-order valence-electron chi connectivity index (χ0n) is 74.5. The van der Waals surface area contributed by atoms with E-state index in [1.165, 1.54) is 226 Å². The van der Waals surface area contributed by atoms with Gasteiger partial charge in [-0.2, -0.15) is 0 Å². The predicted molar refractivity (Wildman–Crippen MR) is 526 cm³/mol. The van der Waals surface area contributed by atoms with Gasteiger partial charge in [0.1, 0.15) is 0 Å². The van der Waals surface area contributed by atoms with E-state index in [0.717, 1.165) is 101 Å². The Morgan fingerprint density at radius 2 is 0.277 bits per heavy atom. The third-order valence-corrected chi connectivity index (χ3v) is 29.0. The third kappa shape index (κ3) is 18.4. The van der Waals surface area contributed by atoms with Crippen molar-refractivity contribution in [1.29, 1.82) is 0 Å². The minimum atomic E-state index is 0.270. The van der Waals surface area contributed by atoms with Crippen LogP contribution in [0.3, 0.4) is 0 Å². The Labute approximate surface area is 765 Å². The second-order valence-electron chi connectivity index (χ2n) is 37.2. The second-order valence-corrected chi connectivity index (χ2v) is 37.2. The van der Waals surface area contributed by atoms with E-state index in [9.17, 15) is 0 Å². The van der Waals surface area contributed by atoms with Crippen LogP contribution in [0, 0.1) is 0 Å². The zero-order chi connectivity index (χ0) is 86.7. The maximum atomic E-state index is 5.20. The molecule has 6 heterocycles. The lowest BCUT2D eigenvalue weighted by molar-refractivity contribution is 0.443. The Hall–Kier alpha value is -13.3. The average Bonchev–Trinajstić information content (AvgIpc) is 0.792. The molecule has 6 saturated carbocycles. The molecule has 16 heteroatoms. The van der Waals surface area contributed by atoms with Crippen LogP contribution in [0.1, 0.15) is 262 Å². The Morgan fingerprint density at radius 3 is 0.415 bits per heavy atom. The molecule has 6 aromatic heterocycles. The normalized spacial score (nSPS) is 16.4. The van der Waals surface area contributed by atoms with Crippen molar-refractivity contribution in [2.24, 2.45) is 0 Å². The third-order valence-electron chi connectivity index (χ3n) is 29.0. The van der Waals surface area contributed by atoms with Gasteiger partial charge in [-0.05, 0) is 252 Å². The van der Waals surface area contributed by atoms with Gasteiger partial charge in [-0.15, -0.1) is 0 Å². The van der Waals surface area contributed by atoms with Crippen LogP contribution in [0.4, 0.5) is 69.8 Å². The molecule has 16 nitrogen and oxygen atoms in total. The van der Waals surface area contributed by atoms with Gasteiger partial charge < -0.3 is 0 Å². The van der Waals surface area contributed by atoms with Crippen LogP contribution >= 0.6 is 0 Å². The van der Waals surface area contributed by atoms with Crippen LogP contribution in [0.5, 0.6) is 0 Å². The highest BCUT2D eigenvalue weighted by Crippen LogP contribution is 2.47. The van der Waals surface area contributed by atoms with Crippen LogP contribution in [0.25, 0.3) is 66.8 Å². The molecule has 0 radical (unpaired) electrons. The summed E-state index contributed by atoms with van der Waals surface area (Å²) >= 11 is 0. The van der Waals surface area contributed by atoms with Crippen LogP contribution in [-0.4, -0.2) is 59.8 Å². The lowest BCUT2D eigenvalue weighted by Crippen LogP contribution is -2.18. The van der Waals surface area contributed by atoms with Gasteiger partial charge in [-0.25, -0.2) is 64.7 Å². The number of hydrogen-bond donors (Lipinski definition) is 0. The van der Waals surface area contributed by atoms with Crippen LogP contribution in [0.15, 0.2) is 293 Å². The Balaban J connectivity index is 0.595. The van der Waals surface area contributed by atoms with E-state index in [1.807, 2.05) is 92.6 Å². The van der Waals surface area contributed by atoms with Crippen molar-refractivity contribution >= 4 is 69.8 Å². The van der Waals surface area contributed by atoms with Crippen molar-refractivity contribution in [1.82, 2.24) is 59.8 Å². The predicted octanol–water partition coefficient (Wildman–Crippen LogP) is 30.6. The minimum Gasteiger partial charge on any atom is -0.279 e. The fourth-order valence-electron chi connectivity index (χ4n) is 21.8. The van der Waals surface area contributed by atoms with Gasteiger partial charge in [0.25, 0.3) is 0 Å². The van der Waals surface area contributed by atoms with Gasteiger partial charge in [0.05, 0.1) is 0 Å². The molecule has 21 rings (SSSR count). The number of benzene rings is 9. The van der Waals surface area contributed by atoms with Gasteiger partial charge in [0.15, 0.2) is 0 Å². The highest BCUT2D eigenvalue weighted by atomic mass is 15.4. The molecule has 0 aliphatic heterocycles. The van der Waals surface area contributed by atoms with Crippen molar-refractivity contribution < 1.29 is 0 Å². The molecule has 0 unspecified atom stereocenters. The van der Waals surface area contributed by atoms with E-state index in [1.54, 1.807) is 4.90 Å². The van der Waals surface area contributed by atoms with Crippen LogP contribution < -0.4 is 19.6 Å². The molecule has 6 aliphatic rings. The minimum absolute atomic E-state index is 0.270. The summed E-state index contributed by atoms with van der Waals surface area (Å²) in [5, 5.41) is 0. The second kappa shape index (κ2) is 39.3. The van der Waals surface area contributed by atoms with E-state index in [4.69, 9.17) is 59.8 Å². The maximum Gasteiger partial charge on any atom is 0.239 e. The van der Waals surface area contributed by atoms with E-state index in [2.05, 4.69) is 215 Å². The van der Waals surface area contributed by atoms with E-state index < -0.39 is 0 Å². The van der Waals surface area contributed by atoms with Crippen LogP contribution in [0.2, 0.25) is 0 Å². The molecule has 0 amide bonds. The standard InChI is InChI=1S/C114H114N16/c1-7-25-79(26-8-1)85-43-55-97(56-44-85)127(98-57-45-86(46-58-98)80-27-9-2-10-28-80)109-115-67-91(68-116-109)103-37-19-22-40-106(103)94-73-121-112(122-74-94)130(113-123-75-95(76-124-113)107-41-23-20-38-104(107)92-69-117-110(118-70-92)128(99-59-47-87(48-60-99)81-29-11-3-12-30-81)100-61-49-88(50-62-100)82-31-13-4-14-32-82)114-125-77-96(78-126-114)108-42-24-21-39-105(108)93-71-119-111(120-72-93)129(101-63-51-89(52-64-101)83-33-15-5-16-34-83)102-65-53-90(54-66-102)84-35-17-6-18-36-84/h19-24,37-84H,1-18,25-36H2. The molecule has 9 aromatic carbocycles. The molecule has 0 saturated heterocycles. The molecule has 0 bridgehead atoms. The molecule has 15 aromatic rings. The van der Waals surface area contributed by atoms with Gasteiger partial charge in [0.2, 0.25) is 35.7 Å². The highest BCUT2D eigenvalue weighted by molar-refractivity contribution is 5.87. The first-order valence-electron chi connectivity index (χ1n) is 48.5. The maximum absolute atomic E-state index is 5.20. The number of hydrogen-bond acceptors (Lipinski definition) is 16. The molecule has 6 aliphatic carbocycles. The number of nitrogens with zero attached hydrogens (tertiary/aromatic N) is 16. The SMILES string of the molecule is c1ccc(-c2cnc(N(c3ncc(-c4ccccc4-c4cnc(N(c5ccc(C6CCCCC6)cc5)c5ccc(C6CCCCC6)cc5)nc4)cn3)c3ncc(-c4ccccc4-c4cnc(N(c5ccc(C6CCCCC6)cc5)c5ccc(C6CCCCC6)cc5)nc4)cn3)nc2)c(-c2cnc(N(c3ccc(C4CCCCC4)cc3)c3ccc(C4CCCCC4)cc3)nc2)c1. The summed E-state index contributed by atoms with van der Waals surface area (Å²) in [7, 11) is 0. The fourth-order valence-corrected chi connectivity index (χ4v) is 21.8. The summed E-state index contributed by atoms with van der Waals surface area (Å²) in [6.45, 7) is 0. The summed E-state index contributed by atoms with van der Waals surface area (Å²) in [5.41, 5.74) is 25.1. The van der Waals surface area contributed by atoms with Crippen LogP contribution in [-0.2, 0) is 0 Å². The monoisotopic (exact) mass is 1710 g/mol. The molecule has 0 spiro atoms. The topological polar surface area (TPSA) is 168 Å². The average molecular weight is 1710 g/mol. The summed E-state index contributed by atoms with van der Waals surface area (Å²) < 4.78 is 0. The number of aromatic nitrogens is 12. The van der Waals surface area contributed by atoms with Gasteiger partial charge in [-0.3, -0.25) is 14.7 Å². The van der Waals surface area contributed by atoms with Crippen molar-refractivity contribution in [2.45, 2.75) is 228 Å². The number of rotatable bonds is 24. The van der Waals surface area contributed by atoms with E-state index >= 15 is 0 Å². The van der Waals surface area contributed by atoms with Crippen molar-refractivity contribution in [3.63, 3.8) is 0 Å². The van der Waals surface area contributed by atoms with Crippen molar-refractivity contribution in [3.8, 4) is 66.8 Å². The van der Waals surface area contributed by atoms with Gasteiger partial charge in [0, 0.05) is 142 Å². The van der Waals surface area contributed by atoms with Crippen molar-refractivity contribution in [2.75, 3.05) is 19.6 Å².